The zero-order chi connectivity index (χ0) is 4.50. The van der Waals surface area contributed by atoms with Gasteiger partial charge in [0.2, 0.25) is 0 Å². The van der Waals surface area contributed by atoms with Crippen LogP contribution in [-0.4, -0.2) is 48.9 Å². The molecule has 0 aromatic carbocycles. The van der Waals surface area contributed by atoms with E-state index in [1.165, 1.54) is 0 Å². The Morgan fingerprint density at radius 2 is 1.14 bits per heavy atom. The molecule has 0 rings (SSSR count). The first-order valence-corrected chi connectivity index (χ1v) is 2.19. The third kappa shape index (κ3) is 65.1. The van der Waals surface area contributed by atoms with Crippen LogP contribution in [-0.2, 0) is 21.6 Å². The molecule has 0 bridgehead atoms. The summed E-state index contributed by atoms with van der Waals surface area (Å²) in [5.41, 5.74) is 0. The average molecular weight is 296 g/mol. The molecule has 0 unspecified atom stereocenters. The Hall–Kier alpha value is 2.20. The Bertz CT molecular complexity index is 57.8. The summed E-state index contributed by atoms with van der Waals surface area (Å²) in [6, 6.07) is 0. The minimum Gasteiger partial charge on any atom is -0.822 e. The van der Waals surface area contributed by atoms with Crippen molar-refractivity contribution in [3.63, 3.8) is 0 Å². The van der Waals surface area contributed by atoms with Crippen molar-refractivity contribution < 1.29 is 36.3 Å². The molecule has 0 aromatic heterocycles. The van der Waals surface area contributed by atoms with Gasteiger partial charge in [-0.1, -0.05) is 0 Å². The second-order valence-corrected chi connectivity index (χ2v) is 1.34. The van der Waals surface area contributed by atoms with Crippen molar-refractivity contribution in [3.05, 3.63) is 0 Å². The SMILES string of the molecule is O=P([O-])([O-])[O-].[Ba+2].[Cu+2]. The van der Waals surface area contributed by atoms with Gasteiger partial charge in [0.15, 0.2) is 0 Å². The fourth-order valence-corrected chi connectivity index (χ4v) is 0. The third-order valence-corrected chi connectivity index (χ3v) is 0. The third-order valence-electron chi connectivity index (χ3n) is 0. The van der Waals surface area contributed by atoms with Gasteiger partial charge in [0.1, 0.15) is 0 Å². The Morgan fingerprint density at radius 1 is 1.14 bits per heavy atom. The zero-order valence-electron chi connectivity index (χ0n) is 3.09. The molecule has 0 aliphatic heterocycles. The van der Waals surface area contributed by atoms with Crippen LogP contribution in [0.2, 0.25) is 0 Å². The van der Waals surface area contributed by atoms with Crippen LogP contribution in [0.3, 0.4) is 0 Å². The molecule has 0 aliphatic rings. The minimum absolute atomic E-state index is 0. The van der Waals surface area contributed by atoms with Crippen LogP contribution >= 0.6 is 7.82 Å². The van der Waals surface area contributed by atoms with Crippen molar-refractivity contribution in [1.29, 1.82) is 0 Å². The van der Waals surface area contributed by atoms with Crippen molar-refractivity contribution >= 4 is 56.7 Å². The molecule has 0 atom stereocenters. The molecule has 0 heterocycles. The van der Waals surface area contributed by atoms with Crippen LogP contribution in [0.25, 0.3) is 0 Å². The van der Waals surface area contributed by atoms with Gasteiger partial charge in [-0.25, -0.2) is 0 Å². The Morgan fingerprint density at radius 3 is 1.14 bits per heavy atom. The van der Waals surface area contributed by atoms with Gasteiger partial charge in [-0.3, -0.25) is 0 Å². The standard InChI is InChI=1S/Ba.Cu.H3O4P/c;;1-5(2,3)4/h;;(H3,1,2,3,4)/q2*+2;/p-3. The molecule has 0 saturated carbocycles. The van der Waals surface area contributed by atoms with Crippen LogP contribution in [0.15, 0.2) is 0 Å². The predicted molar refractivity (Wildman–Crippen MR) is 13.4 cm³/mol. The summed E-state index contributed by atoms with van der Waals surface area (Å²) in [4.78, 5) is 25.6. The summed E-state index contributed by atoms with van der Waals surface area (Å²) < 4.78 is 8.55. The van der Waals surface area contributed by atoms with Crippen molar-refractivity contribution in [3.8, 4) is 0 Å². The zero-order valence-corrected chi connectivity index (χ0v) is 9.37. The monoisotopic (exact) mass is 296 g/mol. The number of rotatable bonds is 0. The van der Waals surface area contributed by atoms with E-state index in [1.54, 1.807) is 0 Å². The molecule has 0 aliphatic carbocycles. The Labute approximate surface area is 91.5 Å². The maximum absolute atomic E-state index is 8.55. The van der Waals surface area contributed by atoms with Crippen LogP contribution < -0.4 is 14.7 Å². The summed E-state index contributed by atoms with van der Waals surface area (Å²) in [5, 5.41) is 0. The van der Waals surface area contributed by atoms with Gasteiger partial charge in [0.05, 0.1) is 0 Å². The van der Waals surface area contributed by atoms with Gasteiger partial charge in [0, 0.05) is 0 Å². The first-order valence-electron chi connectivity index (χ1n) is 0.730. The molecular weight excluding hydrogens is 296 g/mol. The van der Waals surface area contributed by atoms with Crippen molar-refractivity contribution in [2.75, 3.05) is 0 Å². The molecule has 1 radical (unpaired) electrons. The van der Waals surface area contributed by atoms with E-state index in [-0.39, 0.29) is 65.9 Å². The molecule has 7 heavy (non-hydrogen) atoms. The fourth-order valence-electron chi connectivity index (χ4n) is 0. The first-order chi connectivity index (χ1) is 2.00. The average Bonchev–Trinajstić information content (AvgIpc) is 0.722. The van der Waals surface area contributed by atoms with Gasteiger partial charge in [-0.05, 0) is 0 Å². The van der Waals surface area contributed by atoms with Gasteiger partial charge in [0.25, 0.3) is 0 Å². The van der Waals surface area contributed by atoms with E-state index in [9.17, 15) is 0 Å². The van der Waals surface area contributed by atoms with E-state index in [4.69, 9.17) is 19.2 Å². The summed E-state index contributed by atoms with van der Waals surface area (Å²) in [6.45, 7) is 0. The second kappa shape index (κ2) is 6.32. The number of phosphoric acid groups is 1. The number of hydrogen-bond acceptors (Lipinski definition) is 4. The summed E-state index contributed by atoms with van der Waals surface area (Å²) in [6.07, 6.45) is 0. The Kier molecular flexibility index (Phi) is 14.5. The molecule has 0 aromatic rings. The molecule has 0 N–H and O–H groups in total. The van der Waals surface area contributed by atoms with Crippen LogP contribution in [0.1, 0.15) is 0 Å². The summed E-state index contributed by atoms with van der Waals surface area (Å²) in [7, 11) is -5.39. The largest absolute Gasteiger partial charge is 2.00 e. The van der Waals surface area contributed by atoms with E-state index in [1.807, 2.05) is 0 Å². The van der Waals surface area contributed by atoms with E-state index in [0.29, 0.717) is 0 Å². The van der Waals surface area contributed by atoms with E-state index in [2.05, 4.69) is 0 Å². The quantitative estimate of drug-likeness (QED) is 0.348. The first kappa shape index (κ1) is 16.1. The minimum atomic E-state index is -5.39. The maximum atomic E-state index is 8.55. The van der Waals surface area contributed by atoms with Crippen LogP contribution in [0, 0.1) is 0 Å². The summed E-state index contributed by atoms with van der Waals surface area (Å²) in [5.74, 6) is 0. The molecule has 0 fully saturated rings. The van der Waals surface area contributed by atoms with E-state index >= 15 is 0 Å². The van der Waals surface area contributed by atoms with Crippen molar-refractivity contribution in [2.45, 2.75) is 0 Å². The van der Waals surface area contributed by atoms with E-state index in [0.717, 1.165) is 0 Å². The van der Waals surface area contributed by atoms with Crippen LogP contribution in [0.4, 0.5) is 0 Å². The second-order valence-electron chi connectivity index (χ2n) is 0.447. The molecule has 41 valence electrons. The molecule has 7 heteroatoms. The van der Waals surface area contributed by atoms with Crippen molar-refractivity contribution in [2.24, 2.45) is 0 Å². The number of hydrogen-bond donors (Lipinski definition) is 0. The molecular formula is BaCuO4P+. The van der Waals surface area contributed by atoms with Gasteiger partial charge in [-0.15, -0.1) is 0 Å². The topological polar surface area (TPSA) is 86.2 Å². The van der Waals surface area contributed by atoms with E-state index < -0.39 is 7.82 Å². The van der Waals surface area contributed by atoms with Gasteiger partial charge < -0.3 is 19.2 Å². The smallest absolute Gasteiger partial charge is 0.822 e. The van der Waals surface area contributed by atoms with Crippen LogP contribution in [0.5, 0.6) is 0 Å². The normalized spacial score (nSPS) is 8.43. The fraction of sp³-hybridized carbons (Fsp3) is 0. The van der Waals surface area contributed by atoms with Gasteiger partial charge in [-0.2, -0.15) is 7.82 Å². The maximum Gasteiger partial charge on any atom is 2.00 e. The molecule has 4 nitrogen and oxygen atoms in total. The van der Waals surface area contributed by atoms with Gasteiger partial charge >= 0.3 is 65.9 Å². The molecule has 0 amide bonds. The van der Waals surface area contributed by atoms with Crippen molar-refractivity contribution in [1.82, 2.24) is 0 Å². The Balaban J connectivity index is -0.0000000800. The predicted octanol–water partition coefficient (Wildman–Crippen LogP) is -3.21. The molecule has 0 spiro atoms. The molecule has 0 saturated heterocycles. The summed E-state index contributed by atoms with van der Waals surface area (Å²) >= 11 is 0.